The van der Waals surface area contributed by atoms with Crippen LogP contribution in [0.5, 0.6) is 0 Å². The Hall–Kier alpha value is -2.39. The summed E-state index contributed by atoms with van der Waals surface area (Å²) in [6.07, 6.45) is -1.00. The first-order chi connectivity index (χ1) is 13.3. The van der Waals surface area contributed by atoms with Crippen molar-refractivity contribution in [2.24, 2.45) is 0 Å². The van der Waals surface area contributed by atoms with Crippen molar-refractivity contribution in [1.82, 2.24) is 14.7 Å². The van der Waals surface area contributed by atoms with Crippen LogP contribution in [-0.2, 0) is 17.9 Å². The van der Waals surface area contributed by atoms with Crippen LogP contribution in [0.1, 0.15) is 29.8 Å². The number of aromatic nitrogens is 2. The summed E-state index contributed by atoms with van der Waals surface area (Å²) in [5.41, 5.74) is 1.54. The van der Waals surface area contributed by atoms with Crippen molar-refractivity contribution < 1.29 is 22.7 Å². The van der Waals surface area contributed by atoms with Crippen molar-refractivity contribution in [3.05, 3.63) is 47.8 Å². The third-order valence-electron chi connectivity index (χ3n) is 4.18. The Labute approximate surface area is 162 Å². The van der Waals surface area contributed by atoms with Crippen molar-refractivity contribution in [3.8, 4) is 0 Å². The number of rotatable bonds is 10. The van der Waals surface area contributed by atoms with E-state index in [1.165, 1.54) is 0 Å². The van der Waals surface area contributed by atoms with Gasteiger partial charge < -0.3 is 15.0 Å². The number of benzene rings is 1. The molecular weight excluding hydrogens is 373 g/mol. The number of amides is 1. The monoisotopic (exact) mass is 398 g/mol. The molecule has 0 unspecified atom stereocenters. The van der Waals surface area contributed by atoms with E-state index in [4.69, 9.17) is 0 Å². The molecule has 1 aromatic carbocycles. The maximum absolute atomic E-state index is 12.3. The number of hydrogen-bond acceptors (Lipinski definition) is 4. The average Bonchev–Trinajstić information content (AvgIpc) is 3.09. The summed E-state index contributed by atoms with van der Waals surface area (Å²) in [4.78, 5) is 14.6. The molecule has 0 aliphatic rings. The molecule has 0 aliphatic carbocycles. The van der Waals surface area contributed by atoms with E-state index in [1.807, 2.05) is 0 Å². The second-order valence-corrected chi connectivity index (χ2v) is 6.28. The lowest BCUT2D eigenvalue weighted by Gasteiger charge is -2.17. The zero-order valence-corrected chi connectivity index (χ0v) is 16.0. The first-order valence-corrected chi connectivity index (χ1v) is 9.10. The quantitative estimate of drug-likeness (QED) is 0.665. The first kappa shape index (κ1) is 21.9. The van der Waals surface area contributed by atoms with Gasteiger partial charge in [-0.2, -0.15) is 18.3 Å². The second kappa shape index (κ2) is 10.2. The Kier molecular flexibility index (Phi) is 8.01. The molecule has 1 aromatic heterocycles. The maximum Gasteiger partial charge on any atom is 0.411 e. The first-order valence-electron chi connectivity index (χ1n) is 9.10. The van der Waals surface area contributed by atoms with Gasteiger partial charge in [0.1, 0.15) is 6.61 Å². The van der Waals surface area contributed by atoms with Crippen molar-refractivity contribution in [1.29, 1.82) is 0 Å². The number of halogens is 3. The summed E-state index contributed by atoms with van der Waals surface area (Å²) in [6.45, 7) is 6.29. The third-order valence-corrected chi connectivity index (χ3v) is 4.18. The molecule has 0 bridgehead atoms. The van der Waals surface area contributed by atoms with Gasteiger partial charge in [-0.25, -0.2) is 0 Å². The molecule has 6 nitrogen and oxygen atoms in total. The van der Waals surface area contributed by atoms with E-state index in [9.17, 15) is 18.0 Å². The molecule has 0 aliphatic heterocycles. The Morgan fingerprint density at radius 1 is 1.21 bits per heavy atom. The number of nitrogens with one attached hydrogen (secondary N) is 1. The van der Waals surface area contributed by atoms with E-state index >= 15 is 0 Å². The van der Waals surface area contributed by atoms with Gasteiger partial charge in [-0.3, -0.25) is 9.48 Å². The van der Waals surface area contributed by atoms with Gasteiger partial charge in [0.25, 0.3) is 5.91 Å². The van der Waals surface area contributed by atoms with E-state index in [-0.39, 0.29) is 12.5 Å². The van der Waals surface area contributed by atoms with Crippen LogP contribution in [0.25, 0.3) is 0 Å². The predicted molar refractivity (Wildman–Crippen MR) is 100 cm³/mol. The van der Waals surface area contributed by atoms with Gasteiger partial charge in [-0.15, -0.1) is 0 Å². The van der Waals surface area contributed by atoms with Gasteiger partial charge in [-0.1, -0.05) is 26.0 Å². The minimum Gasteiger partial charge on any atom is -0.367 e. The van der Waals surface area contributed by atoms with Crippen LogP contribution >= 0.6 is 0 Å². The molecule has 0 spiro atoms. The van der Waals surface area contributed by atoms with Gasteiger partial charge >= 0.3 is 6.18 Å². The predicted octanol–water partition coefficient (Wildman–Crippen LogP) is 3.56. The fourth-order valence-electron chi connectivity index (χ4n) is 2.57. The highest BCUT2D eigenvalue weighted by atomic mass is 19.4. The molecule has 0 radical (unpaired) electrons. The summed E-state index contributed by atoms with van der Waals surface area (Å²) in [5.74, 6) is -0.314. The van der Waals surface area contributed by atoms with Gasteiger partial charge in [-0.05, 0) is 30.8 Å². The summed E-state index contributed by atoms with van der Waals surface area (Å²) in [6, 6.07) is 6.23. The van der Waals surface area contributed by atoms with Crippen molar-refractivity contribution in [2.75, 3.05) is 31.6 Å². The van der Waals surface area contributed by atoms with Crippen LogP contribution in [-0.4, -0.2) is 53.0 Å². The Balaban J connectivity index is 1.84. The molecule has 1 N–H and O–H groups in total. The molecule has 2 aromatic rings. The van der Waals surface area contributed by atoms with Gasteiger partial charge in [0.15, 0.2) is 0 Å². The van der Waals surface area contributed by atoms with Crippen LogP contribution in [0.3, 0.4) is 0 Å². The molecule has 0 fully saturated rings. The molecule has 2 rings (SSSR count). The number of hydrogen-bond donors (Lipinski definition) is 1. The van der Waals surface area contributed by atoms with Crippen LogP contribution in [0.4, 0.5) is 18.9 Å². The molecule has 1 heterocycles. The number of alkyl halides is 3. The number of nitrogens with zero attached hydrogens (tertiary/aromatic N) is 3. The number of carbonyl (C=O) groups excluding carboxylic acids is 1. The van der Waals surface area contributed by atoms with Crippen LogP contribution < -0.4 is 5.32 Å². The fourth-order valence-corrected chi connectivity index (χ4v) is 2.57. The van der Waals surface area contributed by atoms with E-state index < -0.39 is 12.8 Å². The Bertz CT molecular complexity index is 740. The maximum atomic E-state index is 12.3. The molecule has 9 heteroatoms. The fraction of sp³-hybridized carbons (Fsp3) is 0.474. The molecule has 154 valence electrons. The highest BCUT2D eigenvalue weighted by Gasteiger charge is 2.27. The molecule has 0 saturated carbocycles. The van der Waals surface area contributed by atoms with Crippen LogP contribution in [0.15, 0.2) is 36.7 Å². The van der Waals surface area contributed by atoms with Crippen LogP contribution in [0, 0.1) is 0 Å². The largest absolute Gasteiger partial charge is 0.411 e. The number of carbonyl (C=O) groups is 1. The summed E-state index contributed by atoms with van der Waals surface area (Å²) in [5, 5.41) is 7.00. The minimum absolute atomic E-state index is 0.166. The Morgan fingerprint density at radius 3 is 2.50 bits per heavy atom. The summed E-state index contributed by atoms with van der Waals surface area (Å²) < 4.78 is 42.6. The van der Waals surface area contributed by atoms with Crippen molar-refractivity contribution in [2.45, 2.75) is 33.2 Å². The van der Waals surface area contributed by atoms with Gasteiger partial charge in [0.05, 0.1) is 25.0 Å². The summed E-state index contributed by atoms with van der Waals surface area (Å²) >= 11 is 0. The van der Waals surface area contributed by atoms with Gasteiger partial charge in [0.2, 0.25) is 0 Å². The standard InChI is InChI=1S/C19H25F3N4O2/c1-3-25(4-2)9-10-26-12-17(11-23-26)24-18(27)16-7-5-15(6-8-16)13-28-14-19(20,21)22/h5-8,11-12H,3-4,9-10,13-14H2,1-2H3,(H,24,27). The SMILES string of the molecule is CCN(CC)CCn1cc(NC(=O)c2ccc(COCC(F)(F)F)cc2)cn1. The van der Waals surface area contributed by atoms with E-state index in [2.05, 4.69) is 33.9 Å². The lowest BCUT2D eigenvalue weighted by molar-refractivity contribution is -0.176. The molecule has 28 heavy (non-hydrogen) atoms. The van der Waals surface area contributed by atoms with Crippen LogP contribution in [0.2, 0.25) is 0 Å². The van der Waals surface area contributed by atoms with E-state index in [0.717, 1.165) is 26.2 Å². The smallest absolute Gasteiger partial charge is 0.367 e. The zero-order chi connectivity index (χ0) is 20.6. The molecule has 0 saturated heterocycles. The van der Waals surface area contributed by atoms with Crippen molar-refractivity contribution in [3.63, 3.8) is 0 Å². The number of anilines is 1. The molecule has 0 atom stereocenters. The number of likely N-dealkylation sites (N-methyl/N-ethyl adjacent to an activating group) is 1. The molecular formula is C19H25F3N4O2. The molecule has 1 amide bonds. The second-order valence-electron chi connectivity index (χ2n) is 6.28. The zero-order valence-electron chi connectivity index (χ0n) is 16.0. The number of ether oxygens (including phenoxy) is 1. The summed E-state index contributed by atoms with van der Waals surface area (Å²) in [7, 11) is 0. The van der Waals surface area contributed by atoms with Crippen molar-refractivity contribution >= 4 is 11.6 Å². The van der Waals surface area contributed by atoms with Gasteiger partial charge in [0, 0.05) is 18.3 Å². The Morgan fingerprint density at radius 2 is 1.89 bits per heavy atom. The average molecular weight is 398 g/mol. The minimum atomic E-state index is -4.35. The van der Waals surface area contributed by atoms with E-state index in [1.54, 1.807) is 41.3 Å². The topological polar surface area (TPSA) is 59.4 Å². The lowest BCUT2D eigenvalue weighted by Crippen LogP contribution is -2.27. The highest BCUT2D eigenvalue weighted by Crippen LogP contribution is 2.16. The lowest BCUT2D eigenvalue weighted by atomic mass is 10.1. The normalized spacial score (nSPS) is 11.8. The van der Waals surface area contributed by atoms with E-state index in [0.29, 0.717) is 16.8 Å². The highest BCUT2D eigenvalue weighted by molar-refractivity contribution is 6.04. The third kappa shape index (κ3) is 7.32.